The molecule has 5 rings (SSSR count). The first kappa shape index (κ1) is 18.5. The number of hydrogen-bond donors (Lipinski definition) is 0. The van der Waals surface area contributed by atoms with Crippen LogP contribution in [0.5, 0.6) is 0 Å². The van der Waals surface area contributed by atoms with Crippen LogP contribution in [0.3, 0.4) is 0 Å². The summed E-state index contributed by atoms with van der Waals surface area (Å²) in [6.07, 6.45) is 2.47. The van der Waals surface area contributed by atoms with Gasteiger partial charge in [0.2, 0.25) is 0 Å². The van der Waals surface area contributed by atoms with Gasteiger partial charge >= 0.3 is 0 Å². The Morgan fingerprint density at radius 1 is 1.10 bits per heavy atom. The van der Waals surface area contributed by atoms with Gasteiger partial charge in [0.25, 0.3) is 5.91 Å². The van der Waals surface area contributed by atoms with E-state index in [9.17, 15) is 4.79 Å². The number of carbonyl (C=O) groups is 1. The van der Waals surface area contributed by atoms with Crippen LogP contribution in [-0.4, -0.2) is 51.7 Å². The predicted octanol–water partition coefficient (Wildman–Crippen LogP) is 2.34. The second-order valence-electron chi connectivity index (χ2n) is 8.02. The third-order valence-corrected chi connectivity index (χ3v) is 5.83. The van der Waals surface area contributed by atoms with E-state index in [0.717, 1.165) is 40.1 Å². The Morgan fingerprint density at radius 2 is 1.90 bits per heavy atom. The van der Waals surface area contributed by atoms with E-state index in [1.807, 2.05) is 52.5 Å². The van der Waals surface area contributed by atoms with E-state index in [1.165, 1.54) is 0 Å². The lowest BCUT2D eigenvalue weighted by atomic mass is 10.0. The van der Waals surface area contributed by atoms with Gasteiger partial charge in [-0.25, -0.2) is 0 Å². The smallest absolute Gasteiger partial charge is 0.275 e. The molecule has 9 nitrogen and oxygen atoms in total. The van der Waals surface area contributed by atoms with Gasteiger partial charge in [0, 0.05) is 49.7 Å². The average molecular weight is 404 g/mol. The van der Waals surface area contributed by atoms with E-state index in [1.54, 1.807) is 11.0 Å². The van der Waals surface area contributed by atoms with E-state index in [-0.39, 0.29) is 11.9 Å². The lowest BCUT2D eigenvalue weighted by Gasteiger charge is -2.27. The summed E-state index contributed by atoms with van der Waals surface area (Å²) in [5, 5.41) is 18.5. The Kier molecular flexibility index (Phi) is 4.19. The molecule has 0 unspecified atom stereocenters. The van der Waals surface area contributed by atoms with Gasteiger partial charge in [0.15, 0.2) is 11.5 Å². The van der Waals surface area contributed by atoms with Crippen molar-refractivity contribution in [3.63, 3.8) is 0 Å². The van der Waals surface area contributed by atoms with Crippen LogP contribution in [0.1, 0.15) is 41.6 Å². The molecule has 4 heterocycles. The van der Waals surface area contributed by atoms with Crippen molar-refractivity contribution < 1.29 is 4.79 Å². The molecule has 4 aromatic rings. The molecule has 1 amide bonds. The van der Waals surface area contributed by atoms with Crippen molar-refractivity contribution in [3.05, 3.63) is 47.5 Å². The minimum Gasteiger partial charge on any atom is -0.332 e. The van der Waals surface area contributed by atoms with Crippen LogP contribution in [0, 0.1) is 0 Å². The van der Waals surface area contributed by atoms with Gasteiger partial charge in [0.05, 0.1) is 12.1 Å². The normalized spacial score (nSPS) is 14.0. The van der Waals surface area contributed by atoms with Crippen LogP contribution >= 0.6 is 0 Å². The number of aryl methyl sites for hydroxylation is 2. The van der Waals surface area contributed by atoms with E-state index in [2.05, 4.69) is 29.1 Å². The summed E-state index contributed by atoms with van der Waals surface area (Å²) in [5.74, 6) is 0.678. The van der Waals surface area contributed by atoms with Crippen molar-refractivity contribution in [2.45, 2.75) is 32.9 Å². The molecule has 0 atom stereocenters. The highest BCUT2D eigenvalue weighted by molar-refractivity contribution is 6.04. The summed E-state index contributed by atoms with van der Waals surface area (Å²) in [5.41, 5.74) is 4.41. The highest BCUT2D eigenvalue weighted by atomic mass is 16.2. The minimum atomic E-state index is -0.0578. The largest absolute Gasteiger partial charge is 0.332 e. The fraction of sp³-hybridized carbons (Fsp3) is 0.381. The third kappa shape index (κ3) is 2.72. The Hall–Kier alpha value is -3.49. The number of aromatic nitrogens is 7. The fourth-order valence-electron chi connectivity index (χ4n) is 4.26. The number of benzene rings is 1. The molecule has 1 aliphatic heterocycles. The van der Waals surface area contributed by atoms with Crippen molar-refractivity contribution in [2.75, 3.05) is 6.54 Å². The van der Waals surface area contributed by atoms with Gasteiger partial charge in [-0.2, -0.15) is 10.2 Å². The van der Waals surface area contributed by atoms with Gasteiger partial charge in [-0.1, -0.05) is 18.2 Å². The van der Waals surface area contributed by atoms with Crippen LogP contribution in [0.25, 0.3) is 22.4 Å². The molecule has 0 N–H and O–H groups in total. The Labute approximate surface area is 173 Å². The zero-order valence-electron chi connectivity index (χ0n) is 17.6. The van der Waals surface area contributed by atoms with Crippen LogP contribution in [-0.2, 0) is 27.1 Å². The molecule has 154 valence electrons. The fourth-order valence-corrected chi connectivity index (χ4v) is 4.26. The molecule has 0 saturated heterocycles. The molecule has 0 saturated carbocycles. The van der Waals surface area contributed by atoms with Crippen LogP contribution in [0.15, 0.2) is 30.6 Å². The number of fused-ring (bicyclic) bond motifs is 2. The van der Waals surface area contributed by atoms with Crippen molar-refractivity contribution in [1.29, 1.82) is 0 Å². The first-order valence-corrected chi connectivity index (χ1v) is 10.1. The molecule has 0 aliphatic carbocycles. The monoisotopic (exact) mass is 404 g/mol. The quantitative estimate of drug-likeness (QED) is 0.523. The molecule has 30 heavy (non-hydrogen) atoms. The molecule has 0 fully saturated rings. The first-order valence-electron chi connectivity index (χ1n) is 10.1. The predicted molar refractivity (Wildman–Crippen MR) is 112 cm³/mol. The van der Waals surface area contributed by atoms with Crippen LogP contribution in [0.2, 0.25) is 0 Å². The maximum atomic E-state index is 13.4. The lowest BCUT2D eigenvalue weighted by Crippen LogP contribution is -2.36. The maximum Gasteiger partial charge on any atom is 0.275 e. The molecule has 1 aromatic carbocycles. The highest BCUT2D eigenvalue weighted by Crippen LogP contribution is 2.31. The van der Waals surface area contributed by atoms with Gasteiger partial charge < -0.3 is 9.47 Å². The number of carbonyl (C=O) groups excluding carboxylic acids is 1. The zero-order valence-corrected chi connectivity index (χ0v) is 17.6. The standard InChI is InChI=1S/C21H24N8O/c1-13(2)29-12-22-23-20(29)18-15-11-28(10-9-17(15)27(4)24-18)21(30)19-14-7-5-6-8-16(14)26(3)25-19/h5-8,12-13H,9-11H2,1-4H3. The summed E-state index contributed by atoms with van der Waals surface area (Å²) in [4.78, 5) is 15.3. The molecule has 0 radical (unpaired) electrons. The van der Waals surface area contributed by atoms with Gasteiger partial charge in [0.1, 0.15) is 12.0 Å². The first-order chi connectivity index (χ1) is 14.5. The topological polar surface area (TPSA) is 86.7 Å². The van der Waals surface area contributed by atoms with Gasteiger partial charge in [-0.05, 0) is 19.9 Å². The van der Waals surface area contributed by atoms with E-state index in [0.29, 0.717) is 18.8 Å². The second kappa shape index (κ2) is 6.79. The van der Waals surface area contributed by atoms with E-state index >= 15 is 0 Å². The summed E-state index contributed by atoms with van der Waals surface area (Å²) >= 11 is 0. The number of hydrogen-bond acceptors (Lipinski definition) is 5. The van der Waals surface area contributed by atoms with Crippen LogP contribution < -0.4 is 0 Å². The summed E-state index contributed by atoms with van der Waals surface area (Å²) in [6, 6.07) is 8.04. The Balaban J connectivity index is 1.53. The van der Waals surface area contributed by atoms with E-state index < -0.39 is 0 Å². The number of amides is 1. The highest BCUT2D eigenvalue weighted by Gasteiger charge is 2.31. The number of rotatable bonds is 3. The van der Waals surface area contributed by atoms with Crippen molar-refractivity contribution in [3.8, 4) is 11.5 Å². The number of nitrogens with zero attached hydrogens (tertiary/aromatic N) is 8. The molecule has 3 aromatic heterocycles. The molecule has 0 spiro atoms. The SMILES string of the molecule is CC(C)n1cnnc1-c1nn(C)c2c1CN(C(=O)c1nn(C)c3ccccc13)CC2. The molecule has 9 heteroatoms. The zero-order chi connectivity index (χ0) is 21.0. The summed E-state index contributed by atoms with van der Waals surface area (Å²) in [7, 11) is 3.81. The Morgan fingerprint density at radius 3 is 2.70 bits per heavy atom. The molecular formula is C21H24N8O. The van der Waals surface area contributed by atoms with Gasteiger partial charge in [-0.3, -0.25) is 14.2 Å². The lowest BCUT2D eigenvalue weighted by molar-refractivity contribution is 0.0728. The summed E-state index contributed by atoms with van der Waals surface area (Å²) in [6.45, 7) is 5.29. The minimum absolute atomic E-state index is 0.0578. The van der Waals surface area contributed by atoms with Gasteiger partial charge in [-0.15, -0.1) is 10.2 Å². The Bertz CT molecular complexity index is 1260. The maximum absolute atomic E-state index is 13.4. The third-order valence-electron chi connectivity index (χ3n) is 5.83. The van der Waals surface area contributed by atoms with Crippen molar-refractivity contribution in [2.24, 2.45) is 14.1 Å². The number of para-hydroxylation sites is 1. The molecule has 0 bridgehead atoms. The average Bonchev–Trinajstić information content (AvgIpc) is 3.44. The van der Waals surface area contributed by atoms with Crippen LogP contribution in [0.4, 0.5) is 0 Å². The van der Waals surface area contributed by atoms with E-state index in [4.69, 9.17) is 5.10 Å². The van der Waals surface area contributed by atoms with Crippen molar-refractivity contribution >= 4 is 16.8 Å². The molecular weight excluding hydrogens is 380 g/mol. The second-order valence-corrected chi connectivity index (χ2v) is 8.02. The van der Waals surface area contributed by atoms with Crippen molar-refractivity contribution in [1.82, 2.24) is 39.2 Å². The summed E-state index contributed by atoms with van der Waals surface area (Å²) < 4.78 is 5.68. The molecule has 1 aliphatic rings.